The standard InChI is InChI=1S/C27H25N2.C13H24O2.Ir/c1-17-13-19-9-10-23-22(24(19)16-29-17)11-12-28-26(23)20-14-18-7-5-6-8-21(18)25(15-20)27(2,3)4;1-5-10(6-2)12(14)9-13(15)11(7-3)8-4;/h5-8,11-13,15-16H,9-10H2,1-4H3;9-11,14H,5-8H2,1-4H3;/q-1;;/b;12-9-;. The largest absolute Gasteiger partial charge is 0.512 e. The summed E-state index contributed by atoms with van der Waals surface area (Å²) in [6, 6.07) is 18.9. The van der Waals surface area contributed by atoms with Gasteiger partial charge in [0.2, 0.25) is 0 Å². The Morgan fingerprint density at radius 2 is 1.60 bits per heavy atom. The number of hydrogen-bond donors (Lipinski definition) is 1. The number of benzene rings is 2. The second kappa shape index (κ2) is 15.9. The van der Waals surface area contributed by atoms with Gasteiger partial charge in [-0.15, -0.1) is 29.1 Å². The molecule has 0 amide bonds. The third-order valence-electron chi connectivity index (χ3n) is 9.04. The maximum atomic E-state index is 11.7. The number of allylic oxidation sites excluding steroid dienone is 2. The minimum absolute atomic E-state index is 0. The monoisotopic (exact) mass is 782 g/mol. The molecule has 0 unspecified atom stereocenters. The van der Waals surface area contributed by atoms with Gasteiger partial charge in [-0.25, -0.2) is 0 Å². The number of aromatic nitrogens is 2. The molecule has 1 radical (unpaired) electrons. The fourth-order valence-electron chi connectivity index (χ4n) is 6.31. The van der Waals surface area contributed by atoms with Crippen LogP contribution in [0.4, 0.5) is 0 Å². The van der Waals surface area contributed by atoms with Crippen LogP contribution in [0.25, 0.3) is 33.2 Å². The molecule has 5 rings (SSSR count). The molecule has 0 aliphatic heterocycles. The number of aliphatic hydroxyl groups excluding tert-OH is 1. The molecule has 0 saturated heterocycles. The summed E-state index contributed by atoms with van der Waals surface area (Å²) in [5.74, 6) is 0.547. The fourth-order valence-corrected chi connectivity index (χ4v) is 6.31. The average Bonchev–Trinajstić information content (AvgIpc) is 3.01. The van der Waals surface area contributed by atoms with Gasteiger partial charge in [0.1, 0.15) is 0 Å². The summed E-state index contributed by atoms with van der Waals surface area (Å²) < 4.78 is 0. The first-order valence-electron chi connectivity index (χ1n) is 16.4. The van der Waals surface area contributed by atoms with E-state index in [0.29, 0.717) is 0 Å². The van der Waals surface area contributed by atoms with Gasteiger partial charge in [-0.3, -0.25) is 14.8 Å². The molecule has 0 saturated carbocycles. The molecule has 1 N–H and O–H groups in total. The summed E-state index contributed by atoms with van der Waals surface area (Å²) in [5, 5.41) is 12.2. The van der Waals surface area contributed by atoms with E-state index < -0.39 is 0 Å². The van der Waals surface area contributed by atoms with Crippen LogP contribution in [0, 0.1) is 24.8 Å². The minimum Gasteiger partial charge on any atom is -0.512 e. The Morgan fingerprint density at radius 1 is 0.933 bits per heavy atom. The predicted octanol–water partition coefficient (Wildman–Crippen LogP) is 10.3. The van der Waals surface area contributed by atoms with Crippen molar-refractivity contribution < 1.29 is 30.0 Å². The zero-order chi connectivity index (χ0) is 32.0. The van der Waals surface area contributed by atoms with Crippen molar-refractivity contribution in [3.8, 4) is 22.4 Å². The number of fused-ring (bicyclic) bond motifs is 4. The van der Waals surface area contributed by atoms with Crippen LogP contribution in [0.3, 0.4) is 0 Å². The van der Waals surface area contributed by atoms with Gasteiger partial charge in [0.05, 0.1) is 5.76 Å². The third-order valence-corrected chi connectivity index (χ3v) is 9.04. The first kappa shape index (κ1) is 36.3. The van der Waals surface area contributed by atoms with E-state index in [1.54, 1.807) is 0 Å². The van der Waals surface area contributed by atoms with Crippen molar-refractivity contribution in [3.05, 3.63) is 95.1 Å². The SMILES string of the molecule is CCC(CC)C(=O)/C=C(\O)C(CC)CC.Cc1cc2c(cn1)-c1ccnc(-c3[c-]c4ccccc4c(C(C)(C)C)c3)c1CC2.[Ir]. The van der Waals surface area contributed by atoms with Gasteiger partial charge < -0.3 is 5.11 Å². The molecule has 4 aromatic rings. The van der Waals surface area contributed by atoms with Crippen LogP contribution in [0.1, 0.15) is 96.5 Å². The van der Waals surface area contributed by atoms with Gasteiger partial charge in [-0.2, -0.15) is 0 Å². The van der Waals surface area contributed by atoms with Crippen molar-refractivity contribution in [2.75, 3.05) is 0 Å². The summed E-state index contributed by atoms with van der Waals surface area (Å²) in [6.07, 6.45) is 10.9. The van der Waals surface area contributed by atoms with E-state index in [9.17, 15) is 9.90 Å². The first-order chi connectivity index (χ1) is 21.0. The Labute approximate surface area is 284 Å². The number of nitrogens with zero attached hydrogens (tertiary/aromatic N) is 2. The van der Waals surface area contributed by atoms with Crippen LogP contribution in [0.5, 0.6) is 0 Å². The summed E-state index contributed by atoms with van der Waals surface area (Å²) in [6.45, 7) is 17.0. The van der Waals surface area contributed by atoms with E-state index in [1.165, 1.54) is 39.3 Å². The van der Waals surface area contributed by atoms with E-state index in [0.717, 1.165) is 60.9 Å². The smallest absolute Gasteiger partial charge is 0.162 e. The molecule has 1 aliphatic carbocycles. The minimum atomic E-state index is 0. The van der Waals surface area contributed by atoms with E-state index in [4.69, 9.17) is 4.98 Å². The average molecular weight is 782 g/mol. The Hall–Kier alpha value is -3.14. The Bertz CT molecular complexity index is 1640. The molecule has 2 aromatic carbocycles. The van der Waals surface area contributed by atoms with Crippen LogP contribution in [0.2, 0.25) is 0 Å². The van der Waals surface area contributed by atoms with Crippen LogP contribution in [-0.2, 0) is 43.2 Å². The van der Waals surface area contributed by atoms with Crippen LogP contribution < -0.4 is 0 Å². The van der Waals surface area contributed by atoms with Crippen LogP contribution in [0.15, 0.2) is 66.7 Å². The molecule has 45 heavy (non-hydrogen) atoms. The van der Waals surface area contributed by atoms with E-state index in [-0.39, 0.29) is 48.9 Å². The topological polar surface area (TPSA) is 63.1 Å². The van der Waals surface area contributed by atoms with Gasteiger partial charge in [0.15, 0.2) is 5.78 Å². The number of hydrogen-bond acceptors (Lipinski definition) is 4. The molecule has 0 spiro atoms. The second-order valence-corrected chi connectivity index (χ2v) is 13.1. The van der Waals surface area contributed by atoms with Gasteiger partial charge in [-0.05, 0) is 79.7 Å². The van der Waals surface area contributed by atoms with E-state index in [2.05, 4.69) is 81.2 Å². The predicted molar refractivity (Wildman–Crippen MR) is 184 cm³/mol. The summed E-state index contributed by atoms with van der Waals surface area (Å²) in [4.78, 5) is 21.1. The summed E-state index contributed by atoms with van der Waals surface area (Å²) in [5.41, 5.74) is 9.84. The molecule has 0 bridgehead atoms. The molecule has 1 aliphatic rings. The van der Waals surface area contributed by atoms with Gasteiger partial charge in [0.25, 0.3) is 0 Å². The number of pyridine rings is 2. The maximum Gasteiger partial charge on any atom is 0.162 e. The third kappa shape index (κ3) is 8.37. The van der Waals surface area contributed by atoms with Crippen molar-refractivity contribution in [1.82, 2.24) is 9.97 Å². The summed E-state index contributed by atoms with van der Waals surface area (Å²) >= 11 is 0. The van der Waals surface area contributed by atoms with Crippen molar-refractivity contribution in [2.24, 2.45) is 11.8 Å². The van der Waals surface area contributed by atoms with Crippen molar-refractivity contribution in [3.63, 3.8) is 0 Å². The number of aliphatic hydroxyl groups is 1. The van der Waals surface area contributed by atoms with Gasteiger partial charge >= 0.3 is 0 Å². The van der Waals surface area contributed by atoms with Crippen LogP contribution >= 0.6 is 0 Å². The Balaban J connectivity index is 0.000000297. The quantitative estimate of drug-likeness (QED) is 0.110. The number of aryl methyl sites for hydroxylation is 2. The molecule has 4 nitrogen and oxygen atoms in total. The van der Waals surface area contributed by atoms with E-state index in [1.807, 2.05) is 40.1 Å². The Kier molecular flexibility index (Phi) is 12.9. The summed E-state index contributed by atoms with van der Waals surface area (Å²) in [7, 11) is 0. The van der Waals surface area contributed by atoms with Crippen LogP contribution in [-0.4, -0.2) is 20.9 Å². The van der Waals surface area contributed by atoms with Crippen molar-refractivity contribution >= 4 is 16.6 Å². The zero-order valence-electron chi connectivity index (χ0n) is 28.3. The number of carbonyl (C=O) groups excluding carboxylic acids is 1. The maximum absolute atomic E-state index is 11.7. The number of ketones is 1. The van der Waals surface area contributed by atoms with Gasteiger partial charge in [-0.1, -0.05) is 77.6 Å². The molecular weight excluding hydrogens is 733 g/mol. The normalized spacial score (nSPS) is 12.7. The number of rotatable bonds is 8. The van der Waals surface area contributed by atoms with E-state index >= 15 is 0 Å². The molecule has 0 fully saturated rings. The molecular formula is C40H49IrN2O2-. The molecule has 241 valence electrons. The van der Waals surface area contributed by atoms with Gasteiger partial charge in [0, 0.05) is 67.4 Å². The second-order valence-electron chi connectivity index (χ2n) is 13.1. The fraction of sp³-hybridized carbons (Fsp3) is 0.425. The molecule has 2 heterocycles. The van der Waals surface area contributed by atoms with Crippen molar-refractivity contribution in [2.45, 2.75) is 99.3 Å². The number of carbonyl (C=O) groups is 1. The Morgan fingerprint density at radius 3 is 2.24 bits per heavy atom. The zero-order valence-corrected chi connectivity index (χ0v) is 30.6. The molecule has 5 heteroatoms. The molecule has 0 atom stereocenters. The van der Waals surface area contributed by atoms with Crippen molar-refractivity contribution in [1.29, 1.82) is 0 Å². The first-order valence-corrected chi connectivity index (χ1v) is 16.4. The molecule has 2 aromatic heterocycles.